The van der Waals surface area contributed by atoms with E-state index < -0.39 is 0 Å². The van der Waals surface area contributed by atoms with Crippen LogP contribution in [0.25, 0.3) is 0 Å². The molecule has 0 amide bonds. The molecule has 17 heavy (non-hydrogen) atoms. The van der Waals surface area contributed by atoms with Crippen LogP contribution in [0.1, 0.15) is 44.2 Å². The van der Waals surface area contributed by atoms with Crippen LogP contribution in [0.2, 0.25) is 0 Å². The predicted octanol–water partition coefficient (Wildman–Crippen LogP) is 3.77. The molecule has 2 atom stereocenters. The Morgan fingerprint density at radius 1 is 1.12 bits per heavy atom. The van der Waals surface area contributed by atoms with Gasteiger partial charge >= 0.3 is 0 Å². The Morgan fingerprint density at radius 2 is 1.82 bits per heavy atom. The summed E-state index contributed by atoms with van der Waals surface area (Å²) in [6, 6.07) is 9.00. The highest BCUT2D eigenvalue weighted by molar-refractivity contribution is 5.22. The van der Waals surface area contributed by atoms with Crippen LogP contribution in [-0.2, 0) is 13.0 Å². The molecule has 1 aliphatic rings. The molecule has 2 unspecified atom stereocenters. The molecule has 1 aliphatic carbocycles. The van der Waals surface area contributed by atoms with E-state index in [4.69, 9.17) is 0 Å². The number of hydrogen-bond acceptors (Lipinski definition) is 1. The predicted molar refractivity (Wildman–Crippen MR) is 74.0 cm³/mol. The minimum atomic E-state index is 0.907. The fourth-order valence-electron chi connectivity index (χ4n) is 2.82. The Kier molecular flexibility index (Phi) is 4.61. The molecule has 2 rings (SSSR count). The van der Waals surface area contributed by atoms with E-state index in [1.54, 1.807) is 0 Å². The van der Waals surface area contributed by atoms with Crippen molar-refractivity contribution in [3.63, 3.8) is 0 Å². The fraction of sp³-hybridized carbons (Fsp3) is 0.625. The number of hydrogen-bond donors (Lipinski definition) is 1. The first-order valence-electron chi connectivity index (χ1n) is 7.08. The summed E-state index contributed by atoms with van der Waals surface area (Å²) in [7, 11) is 0. The first-order chi connectivity index (χ1) is 8.29. The van der Waals surface area contributed by atoms with Crippen LogP contribution in [0, 0.1) is 11.8 Å². The zero-order valence-electron chi connectivity index (χ0n) is 11.2. The van der Waals surface area contributed by atoms with Crippen molar-refractivity contribution in [2.24, 2.45) is 11.8 Å². The van der Waals surface area contributed by atoms with Crippen molar-refractivity contribution in [3.8, 4) is 0 Å². The Balaban J connectivity index is 1.73. The van der Waals surface area contributed by atoms with Crippen LogP contribution >= 0.6 is 0 Å². The highest BCUT2D eigenvalue weighted by Crippen LogP contribution is 2.30. The van der Waals surface area contributed by atoms with Gasteiger partial charge in [0.15, 0.2) is 0 Å². The van der Waals surface area contributed by atoms with Crippen molar-refractivity contribution >= 4 is 0 Å². The van der Waals surface area contributed by atoms with E-state index in [1.165, 1.54) is 36.9 Å². The maximum absolute atomic E-state index is 3.61. The quantitative estimate of drug-likeness (QED) is 0.813. The van der Waals surface area contributed by atoms with Crippen molar-refractivity contribution in [3.05, 3.63) is 35.4 Å². The summed E-state index contributed by atoms with van der Waals surface area (Å²) in [6.45, 7) is 6.81. The molecule has 0 radical (unpaired) electrons. The molecular formula is C16H25N. The minimum absolute atomic E-state index is 0.907. The molecule has 1 fully saturated rings. The normalized spacial score (nSPS) is 24.1. The van der Waals surface area contributed by atoms with Crippen LogP contribution in [0.4, 0.5) is 0 Å². The third-order valence-electron chi connectivity index (χ3n) is 4.21. The van der Waals surface area contributed by atoms with Crippen LogP contribution in [0.5, 0.6) is 0 Å². The monoisotopic (exact) mass is 231 g/mol. The van der Waals surface area contributed by atoms with Gasteiger partial charge in [-0.25, -0.2) is 0 Å². The zero-order valence-corrected chi connectivity index (χ0v) is 11.2. The lowest BCUT2D eigenvalue weighted by Crippen LogP contribution is -2.23. The van der Waals surface area contributed by atoms with Crippen LogP contribution in [0.15, 0.2) is 24.3 Å². The maximum atomic E-state index is 3.61. The maximum Gasteiger partial charge on any atom is 0.0205 e. The molecule has 1 nitrogen and oxygen atoms in total. The van der Waals surface area contributed by atoms with Gasteiger partial charge in [0.05, 0.1) is 0 Å². The number of rotatable bonds is 5. The first kappa shape index (κ1) is 12.6. The smallest absolute Gasteiger partial charge is 0.0205 e. The van der Waals surface area contributed by atoms with Gasteiger partial charge in [-0.2, -0.15) is 0 Å². The molecule has 1 aromatic rings. The highest BCUT2D eigenvalue weighted by Gasteiger charge is 2.22. The molecule has 1 saturated carbocycles. The molecular weight excluding hydrogens is 206 g/mol. The number of nitrogens with one attached hydrogen (secondary N) is 1. The average molecular weight is 231 g/mol. The van der Waals surface area contributed by atoms with E-state index in [0.717, 1.165) is 24.8 Å². The van der Waals surface area contributed by atoms with Gasteiger partial charge < -0.3 is 5.32 Å². The molecule has 1 N–H and O–H groups in total. The Morgan fingerprint density at radius 3 is 2.41 bits per heavy atom. The second-order valence-corrected chi connectivity index (χ2v) is 5.47. The van der Waals surface area contributed by atoms with Crippen molar-refractivity contribution in [1.82, 2.24) is 5.32 Å². The van der Waals surface area contributed by atoms with Crippen molar-refractivity contribution in [1.29, 1.82) is 0 Å². The number of aryl methyl sites for hydroxylation is 1. The summed E-state index contributed by atoms with van der Waals surface area (Å²) in [5, 5.41) is 3.61. The van der Waals surface area contributed by atoms with E-state index >= 15 is 0 Å². The summed E-state index contributed by atoms with van der Waals surface area (Å²) < 4.78 is 0. The van der Waals surface area contributed by atoms with E-state index in [2.05, 4.69) is 43.4 Å². The van der Waals surface area contributed by atoms with Gasteiger partial charge in [0.2, 0.25) is 0 Å². The van der Waals surface area contributed by atoms with Gasteiger partial charge in [-0.3, -0.25) is 0 Å². The molecule has 94 valence electrons. The van der Waals surface area contributed by atoms with Crippen LogP contribution in [-0.4, -0.2) is 6.54 Å². The summed E-state index contributed by atoms with van der Waals surface area (Å²) in [5.74, 6) is 1.83. The summed E-state index contributed by atoms with van der Waals surface area (Å²) in [6.07, 6.45) is 5.41. The average Bonchev–Trinajstić information content (AvgIpc) is 2.76. The molecule has 0 aromatic heterocycles. The van der Waals surface area contributed by atoms with Gasteiger partial charge in [0, 0.05) is 6.54 Å². The Hall–Kier alpha value is -0.820. The third kappa shape index (κ3) is 3.57. The second kappa shape index (κ2) is 6.20. The zero-order chi connectivity index (χ0) is 12.1. The molecule has 1 aromatic carbocycles. The first-order valence-corrected chi connectivity index (χ1v) is 7.08. The Labute approximate surface area is 106 Å². The van der Waals surface area contributed by atoms with Gasteiger partial charge in [-0.05, 0) is 42.3 Å². The largest absolute Gasteiger partial charge is 0.312 e. The molecule has 0 aliphatic heterocycles. The van der Waals surface area contributed by atoms with Crippen molar-refractivity contribution < 1.29 is 0 Å². The van der Waals surface area contributed by atoms with Gasteiger partial charge in [-0.15, -0.1) is 0 Å². The third-order valence-corrected chi connectivity index (χ3v) is 4.21. The van der Waals surface area contributed by atoms with Crippen LogP contribution in [0.3, 0.4) is 0 Å². The van der Waals surface area contributed by atoms with E-state index in [0.29, 0.717) is 0 Å². The second-order valence-electron chi connectivity index (χ2n) is 5.47. The lowest BCUT2D eigenvalue weighted by atomic mass is 9.98. The highest BCUT2D eigenvalue weighted by atomic mass is 14.9. The topological polar surface area (TPSA) is 12.0 Å². The van der Waals surface area contributed by atoms with Gasteiger partial charge in [0.1, 0.15) is 0 Å². The molecule has 1 heteroatoms. The Bertz CT molecular complexity index is 328. The van der Waals surface area contributed by atoms with Crippen molar-refractivity contribution in [2.75, 3.05) is 6.54 Å². The molecule has 0 spiro atoms. The summed E-state index contributed by atoms with van der Waals surface area (Å²) in [4.78, 5) is 0. The summed E-state index contributed by atoms with van der Waals surface area (Å²) >= 11 is 0. The number of benzene rings is 1. The molecule has 0 saturated heterocycles. The minimum Gasteiger partial charge on any atom is -0.312 e. The van der Waals surface area contributed by atoms with Crippen molar-refractivity contribution in [2.45, 2.75) is 46.1 Å². The van der Waals surface area contributed by atoms with E-state index in [-0.39, 0.29) is 0 Å². The van der Waals surface area contributed by atoms with Gasteiger partial charge in [-0.1, -0.05) is 51.0 Å². The fourth-order valence-corrected chi connectivity index (χ4v) is 2.82. The van der Waals surface area contributed by atoms with Crippen LogP contribution < -0.4 is 5.32 Å². The van der Waals surface area contributed by atoms with E-state index in [1.807, 2.05) is 0 Å². The van der Waals surface area contributed by atoms with E-state index in [9.17, 15) is 0 Å². The molecule has 0 bridgehead atoms. The van der Waals surface area contributed by atoms with Gasteiger partial charge in [0.25, 0.3) is 0 Å². The standard InChI is InChI=1S/C16H25N/c1-3-14-7-9-15(10-8-14)11-17-12-16-6-4-5-13(16)2/h7-10,13,16-17H,3-6,11-12H2,1-2H3. The summed E-state index contributed by atoms with van der Waals surface area (Å²) in [5.41, 5.74) is 2.84. The lowest BCUT2D eigenvalue weighted by Gasteiger charge is -2.16. The molecule has 0 heterocycles. The lowest BCUT2D eigenvalue weighted by molar-refractivity contribution is 0.392. The SMILES string of the molecule is CCc1ccc(CNCC2CCCC2C)cc1.